The minimum Gasteiger partial charge on any atom is -0.484 e. The van der Waals surface area contributed by atoms with Gasteiger partial charge in [0.05, 0.1) is 18.2 Å². The largest absolute Gasteiger partial charge is 0.484 e. The highest BCUT2D eigenvalue weighted by atomic mass is 35.5. The lowest BCUT2D eigenvalue weighted by atomic mass is 9.56. The van der Waals surface area contributed by atoms with Crippen molar-refractivity contribution in [3.05, 3.63) is 53.1 Å². The van der Waals surface area contributed by atoms with Crippen LogP contribution in [0.1, 0.15) is 49.5 Å². The maximum absolute atomic E-state index is 13.6. The Morgan fingerprint density at radius 1 is 1.16 bits per heavy atom. The molecule has 1 aromatic heterocycles. The molecule has 0 radical (unpaired) electrons. The van der Waals surface area contributed by atoms with Gasteiger partial charge in [-0.3, -0.25) is 14.6 Å². The van der Waals surface area contributed by atoms with E-state index in [0.717, 1.165) is 50.9 Å². The molecule has 0 spiro atoms. The fraction of sp³-hybridized carbons (Fsp3) is 0.519. The van der Waals surface area contributed by atoms with Crippen LogP contribution in [0.4, 0.5) is 10.1 Å². The van der Waals surface area contributed by atoms with E-state index in [-0.39, 0.29) is 46.2 Å². The minimum atomic E-state index is -0.590. The lowest BCUT2D eigenvalue weighted by Gasteiger charge is -2.57. The third-order valence-electron chi connectivity index (χ3n) is 8.12. The number of nitrogens with zero attached hydrogens (tertiary/aromatic N) is 2. The first-order chi connectivity index (χ1) is 17.8. The number of fused-ring (bicyclic) bond motifs is 3. The van der Waals surface area contributed by atoms with Crippen molar-refractivity contribution in [2.75, 3.05) is 37.8 Å². The average molecular weight is 531 g/mol. The summed E-state index contributed by atoms with van der Waals surface area (Å²) in [5.41, 5.74) is 0.744. The Kier molecular flexibility index (Phi) is 7.27. The molecule has 3 saturated carbocycles. The highest BCUT2D eigenvalue weighted by Gasteiger charge is 2.54. The van der Waals surface area contributed by atoms with Gasteiger partial charge in [-0.15, -0.1) is 0 Å². The molecular weight excluding hydrogens is 499 g/mol. The van der Waals surface area contributed by atoms with Gasteiger partial charge >= 0.3 is 0 Å². The van der Waals surface area contributed by atoms with E-state index >= 15 is 0 Å². The van der Waals surface area contributed by atoms with Gasteiger partial charge in [0.25, 0.3) is 11.8 Å². The number of aromatic nitrogens is 1. The topological polar surface area (TPSA) is 92.8 Å². The van der Waals surface area contributed by atoms with Gasteiger partial charge in [0, 0.05) is 42.1 Å². The fourth-order valence-electron chi connectivity index (χ4n) is 5.97. The molecule has 8 nitrogen and oxygen atoms in total. The number of carbonyl (C=O) groups is 2. The Labute approximate surface area is 220 Å². The van der Waals surface area contributed by atoms with Crippen molar-refractivity contribution < 1.29 is 23.5 Å². The molecule has 4 aliphatic rings. The van der Waals surface area contributed by atoms with Gasteiger partial charge in [0.2, 0.25) is 0 Å². The van der Waals surface area contributed by atoms with Crippen LogP contribution >= 0.6 is 11.6 Å². The van der Waals surface area contributed by atoms with Gasteiger partial charge in [-0.05, 0) is 62.3 Å². The van der Waals surface area contributed by atoms with Gasteiger partial charge in [-0.1, -0.05) is 18.5 Å². The van der Waals surface area contributed by atoms with Crippen LogP contribution in [-0.4, -0.2) is 60.8 Å². The normalized spacial score (nSPS) is 27.0. The van der Waals surface area contributed by atoms with Crippen LogP contribution in [0.25, 0.3) is 0 Å². The Bertz CT molecular complexity index is 1160. The molecule has 37 heavy (non-hydrogen) atoms. The van der Waals surface area contributed by atoms with Gasteiger partial charge in [-0.2, -0.15) is 0 Å². The van der Waals surface area contributed by atoms with E-state index in [9.17, 15) is 14.0 Å². The number of halogens is 2. The van der Waals surface area contributed by atoms with E-state index in [2.05, 4.69) is 27.4 Å². The van der Waals surface area contributed by atoms with Crippen molar-refractivity contribution in [1.29, 1.82) is 0 Å². The second-order valence-corrected chi connectivity index (χ2v) is 10.8. The summed E-state index contributed by atoms with van der Waals surface area (Å²) in [4.78, 5) is 32.5. The van der Waals surface area contributed by atoms with Crippen LogP contribution in [0.2, 0.25) is 5.02 Å². The molecule has 2 N–H and O–H groups in total. The van der Waals surface area contributed by atoms with E-state index in [1.165, 1.54) is 18.2 Å². The van der Waals surface area contributed by atoms with Crippen molar-refractivity contribution in [2.24, 2.45) is 5.92 Å². The molecule has 1 aliphatic heterocycles. The first-order valence-electron chi connectivity index (χ1n) is 12.8. The monoisotopic (exact) mass is 530 g/mol. The van der Waals surface area contributed by atoms with Gasteiger partial charge in [-0.25, -0.2) is 4.39 Å². The molecule has 2 amide bonds. The molecule has 10 heteroatoms. The van der Waals surface area contributed by atoms with Crippen molar-refractivity contribution in [3.63, 3.8) is 0 Å². The SMILES string of the molecule is CC1CC2(NC(=O)c3cc(N4CCOCC4)ccn3)CCC1(NC(=O)COc1ccc(Cl)c(F)c1)CC2. The van der Waals surface area contributed by atoms with Gasteiger partial charge < -0.3 is 25.0 Å². The van der Waals surface area contributed by atoms with Crippen molar-refractivity contribution in [2.45, 2.75) is 50.1 Å². The molecule has 2 aromatic rings. The summed E-state index contributed by atoms with van der Waals surface area (Å²) in [5.74, 6) is -0.579. The summed E-state index contributed by atoms with van der Waals surface area (Å²) in [7, 11) is 0. The van der Waals surface area contributed by atoms with Crippen LogP contribution in [0.5, 0.6) is 5.75 Å². The number of anilines is 1. The Morgan fingerprint density at radius 3 is 2.62 bits per heavy atom. The molecule has 1 unspecified atom stereocenters. The van der Waals surface area contributed by atoms with Crippen LogP contribution < -0.4 is 20.3 Å². The van der Waals surface area contributed by atoms with Crippen LogP contribution in [0.3, 0.4) is 0 Å². The third-order valence-corrected chi connectivity index (χ3v) is 8.43. The number of amides is 2. The Hall–Kier alpha value is -2.91. The number of benzene rings is 1. The summed E-state index contributed by atoms with van der Waals surface area (Å²) in [5, 5.41) is 6.49. The zero-order chi connectivity index (χ0) is 26.0. The maximum Gasteiger partial charge on any atom is 0.270 e. The van der Waals surface area contributed by atoms with Gasteiger partial charge in [0.15, 0.2) is 6.61 Å². The van der Waals surface area contributed by atoms with E-state index in [4.69, 9.17) is 21.1 Å². The number of hydrogen-bond acceptors (Lipinski definition) is 6. The van der Waals surface area contributed by atoms with E-state index in [1.54, 1.807) is 6.20 Å². The molecule has 2 bridgehead atoms. The smallest absolute Gasteiger partial charge is 0.270 e. The number of ether oxygens (including phenoxy) is 2. The van der Waals surface area contributed by atoms with Crippen LogP contribution in [0.15, 0.2) is 36.5 Å². The first-order valence-corrected chi connectivity index (χ1v) is 13.2. The van der Waals surface area contributed by atoms with E-state index < -0.39 is 5.82 Å². The van der Waals surface area contributed by atoms with Crippen molar-refractivity contribution in [1.82, 2.24) is 15.6 Å². The number of hydrogen-bond donors (Lipinski definition) is 2. The average Bonchev–Trinajstić information content (AvgIpc) is 2.91. The van der Waals surface area contributed by atoms with Crippen LogP contribution in [-0.2, 0) is 9.53 Å². The maximum atomic E-state index is 13.6. The summed E-state index contributed by atoms with van der Waals surface area (Å²) < 4.78 is 24.5. The highest BCUT2D eigenvalue weighted by Crippen LogP contribution is 2.50. The van der Waals surface area contributed by atoms with E-state index in [1.807, 2.05) is 12.1 Å². The lowest BCUT2D eigenvalue weighted by molar-refractivity contribution is -0.128. The van der Waals surface area contributed by atoms with E-state index in [0.29, 0.717) is 18.9 Å². The summed E-state index contributed by atoms with van der Waals surface area (Å²) in [6.07, 6.45) is 5.52. The van der Waals surface area contributed by atoms with Crippen molar-refractivity contribution in [3.8, 4) is 5.75 Å². The molecule has 1 atom stereocenters. The predicted octanol–water partition coefficient (Wildman–Crippen LogP) is 3.73. The summed E-state index contributed by atoms with van der Waals surface area (Å²) >= 11 is 5.70. The highest BCUT2D eigenvalue weighted by molar-refractivity contribution is 6.30. The second kappa shape index (κ2) is 10.5. The quantitative estimate of drug-likeness (QED) is 0.567. The Balaban J connectivity index is 1.17. The van der Waals surface area contributed by atoms with Crippen molar-refractivity contribution >= 4 is 29.1 Å². The summed E-state index contributed by atoms with van der Waals surface area (Å²) in [6, 6.07) is 7.87. The molecular formula is C27H32ClFN4O4. The molecule has 198 valence electrons. The number of nitrogens with one attached hydrogen (secondary N) is 2. The molecule has 2 heterocycles. The number of carbonyl (C=O) groups excluding carboxylic acids is 2. The fourth-order valence-corrected chi connectivity index (χ4v) is 6.09. The minimum absolute atomic E-state index is 0.00471. The molecule has 6 rings (SSSR count). The zero-order valence-corrected chi connectivity index (χ0v) is 21.7. The molecule has 1 saturated heterocycles. The standard InChI is InChI=1S/C27H32ClFN4O4/c1-18-16-26(32-25(35)23-14-19(4-9-30-23)33-10-12-36-13-11-33)5-7-27(18,8-6-26)31-24(34)17-37-20-2-3-21(28)22(29)15-20/h2-4,9,14-15,18H,5-8,10-13,16-17H2,1H3,(H,31,34)(H,32,35). The lowest BCUT2D eigenvalue weighted by Crippen LogP contribution is -2.67. The number of pyridine rings is 1. The third kappa shape index (κ3) is 5.52. The first kappa shape index (κ1) is 25.7. The molecule has 1 aromatic carbocycles. The van der Waals surface area contributed by atoms with Gasteiger partial charge in [0.1, 0.15) is 17.3 Å². The predicted molar refractivity (Wildman–Crippen MR) is 137 cm³/mol. The zero-order valence-electron chi connectivity index (χ0n) is 20.9. The Morgan fingerprint density at radius 2 is 1.92 bits per heavy atom. The van der Waals surface area contributed by atoms with Crippen LogP contribution in [0, 0.1) is 11.7 Å². The summed E-state index contributed by atoms with van der Waals surface area (Å²) in [6.45, 7) is 4.85. The second-order valence-electron chi connectivity index (χ2n) is 10.4. The number of rotatable bonds is 7. The molecule has 3 aliphatic carbocycles. The number of morpholine rings is 1. The molecule has 4 fully saturated rings.